The number of nitrogens with zero attached hydrogens (tertiary/aromatic N) is 1. The summed E-state index contributed by atoms with van der Waals surface area (Å²) in [5.41, 5.74) is 5.80. The van der Waals surface area contributed by atoms with Crippen molar-refractivity contribution in [3.63, 3.8) is 0 Å². The minimum atomic E-state index is -0.784. The predicted molar refractivity (Wildman–Crippen MR) is 116 cm³/mol. The number of nitrogens with two attached hydrogens (primary N) is 1. The molecular formula is C21H30ClN3O6. The smallest absolute Gasteiger partial charge is 0.410 e. The standard InChI is InChI=1S/C21H30ClN3O6/c1-21(2,3)31-20(28)25-6-5-12(15(26)11-25)10-24-19(27)13-9-14(23)16(22)18-17(13)29-7-4-8-30-18/h9,12,15,26H,4-8,10-11,23H2,1-3H3,(H,24,27)/t12-,15+/m0/s1. The minimum absolute atomic E-state index is 0.149. The number of aliphatic hydroxyl groups is 1. The fraction of sp³-hybridized carbons (Fsp3) is 0.619. The lowest BCUT2D eigenvalue weighted by atomic mass is 9.94. The number of rotatable bonds is 3. The first-order valence-electron chi connectivity index (χ1n) is 10.4. The molecule has 10 heteroatoms. The first-order chi connectivity index (χ1) is 14.6. The molecule has 1 aromatic rings. The van der Waals surface area contributed by atoms with Crippen LogP contribution in [0.4, 0.5) is 10.5 Å². The van der Waals surface area contributed by atoms with Crippen LogP contribution < -0.4 is 20.5 Å². The van der Waals surface area contributed by atoms with Gasteiger partial charge in [0.05, 0.1) is 37.1 Å². The van der Waals surface area contributed by atoms with Gasteiger partial charge in [-0.2, -0.15) is 0 Å². The molecule has 2 heterocycles. The molecule has 3 rings (SSSR count). The number of carbonyl (C=O) groups excluding carboxylic acids is 2. The van der Waals surface area contributed by atoms with Crippen LogP contribution in [0.3, 0.4) is 0 Å². The minimum Gasteiger partial charge on any atom is -0.489 e. The lowest BCUT2D eigenvalue weighted by Gasteiger charge is -2.36. The third kappa shape index (κ3) is 5.65. The van der Waals surface area contributed by atoms with E-state index in [9.17, 15) is 14.7 Å². The lowest BCUT2D eigenvalue weighted by molar-refractivity contribution is -0.0122. The molecular weight excluding hydrogens is 426 g/mol. The highest BCUT2D eigenvalue weighted by Gasteiger charge is 2.33. The van der Waals surface area contributed by atoms with Gasteiger partial charge < -0.3 is 35.3 Å². The van der Waals surface area contributed by atoms with Gasteiger partial charge in [-0.15, -0.1) is 0 Å². The molecule has 0 saturated carbocycles. The molecule has 1 fully saturated rings. The van der Waals surface area contributed by atoms with Gasteiger partial charge in [0.2, 0.25) is 0 Å². The number of piperidine rings is 1. The van der Waals surface area contributed by atoms with E-state index in [-0.39, 0.29) is 46.8 Å². The number of β-amino-alcohol motifs (C(OH)–C–C–N with tert-alkyl or cyclic N) is 1. The van der Waals surface area contributed by atoms with Crippen LogP contribution in [-0.2, 0) is 4.74 Å². The molecule has 0 unspecified atom stereocenters. The summed E-state index contributed by atoms with van der Waals surface area (Å²) in [7, 11) is 0. The van der Waals surface area contributed by atoms with Crippen molar-refractivity contribution in [2.45, 2.75) is 45.3 Å². The Kier molecular flexibility index (Phi) is 7.06. The number of carbonyl (C=O) groups is 2. The molecule has 2 aliphatic heterocycles. The molecule has 172 valence electrons. The Morgan fingerprint density at radius 3 is 2.65 bits per heavy atom. The number of nitrogens with one attached hydrogen (secondary N) is 1. The van der Waals surface area contributed by atoms with Gasteiger partial charge in [-0.05, 0) is 33.3 Å². The van der Waals surface area contributed by atoms with E-state index in [1.807, 2.05) is 0 Å². The van der Waals surface area contributed by atoms with Crippen LogP contribution in [0.5, 0.6) is 11.5 Å². The van der Waals surface area contributed by atoms with E-state index in [1.54, 1.807) is 20.8 Å². The number of hydrogen-bond acceptors (Lipinski definition) is 7. The fourth-order valence-corrected chi connectivity index (χ4v) is 3.71. The first-order valence-corrected chi connectivity index (χ1v) is 10.8. The average molecular weight is 456 g/mol. The highest BCUT2D eigenvalue weighted by molar-refractivity contribution is 6.35. The van der Waals surface area contributed by atoms with Crippen LogP contribution in [0.25, 0.3) is 0 Å². The van der Waals surface area contributed by atoms with Crippen molar-refractivity contribution in [2.75, 3.05) is 38.6 Å². The average Bonchev–Trinajstić information content (AvgIpc) is 2.94. The number of ether oxygens (including phenoxy) is 3. The van der Waals surface area contributed by atoms with Crippen LogP contribution in [0, 0.1) is 5.92 Å². The molecule has 0 radical (unpaired) electrons. The Morgan fingerprint density at radius 2 is 2.00 bits per heavy atom. The maximum atomic E-state index is 12.9. The van der Waals surface area contributed by atoms with E-state index in [2.05, 4.69) is 5.32 Å². The second kappa shape index (κ2) is 9.40. The van der Waals surface area contributed by atoms with E-state index in [4.69, 9.17) is 31.5 Å². The summed E-state index contributed by atoms with van der Waals surface area (Å²) in [6, 6.07) is 1.46. The number of nitrogen functional groups attached to an aromatic ring is 1. The first kappa shape index (κ1) is 23.3. The fourth-order valence-electron chi connectivity index (χ4n) is 3.52. The quantitative estimate of drug-likeness (QED) is 0.598. The second-order valence-corrected chi connectivity index (χ2v) is 9.17. The summed E-state index contributed by atoms with van der Waals surface area (Å²) >= 11 is 6.22. The van der Waals surface area contributed by atoms with Gasteiger partial charge in [0.25, 0.3) is 5.91 Å². The summed E-state index contributed by atoms with van der Waals surface area (Å²) in [4.78, 5) is 26.6. The molecule has 2 amide bonds. The van der Waals surface area contributed by atoms with Gasteiger partial charge in [-0.25, -0.2) is 4.79 Å². The van der Waals surface area contributed by atoms with Gasteiger partial charge in [0, 0.05) is 25.4 Å². The van der Waals surface area contributed by atoms with Gasteiger partial charge in [-0.1, -0.05) is 11.6 Å². The van der Waals surface area contributed by atoms with Crippen molar-refractivity contribution in [1.82, 2.24) is 10.2 Å². The van der Waals surface area contributed by atoms with Crippen LogP contribution in [0.1, 0.15) is 44.0 Å². The molecule has 2 aliphatic rings. The van der Waals surface area contributed by atoms with Crippen molar-refractivity contribution < 1.29 is 28.9 Å². The summed E-state index contributed by atoms with van der Waals surface area (Å²) in [6.45, 7) is 7.02. The number of fused-ring (bicyclic) bond motifs is 1. The number of amides is 2. The van der Waals surface area contributed by atoms with E-state index < -0.39 is 23.7 Å². The second-order valence-electron chi connectivity index (χ2n) is 8.79. The van der Waals surface area contributed by atoms with Gasteiger partial charge in [0.15, 0.2) is 11.5 Å². The maximum absolute atomic E-state index is 12.9. The Hall–Kier alpha value is -2.39. The zero-order valence-electron chi connectivity index (χ0n) is 18.1. The number of likely N-dealkylation sites (tertiary alicyclic amines) is 1. The third-order valence-corrected chi connectivity index (χ3v) is 5.52. The maximum Gasteiger partial charge on any atom is 0.410 e. The Balaban J connectivity index is 1.62. The number of halogens is 1. The van der Waals surface area contributed by atoms with Gasteiger partial charge in [0.1, 0.15) is 10.6 Å². The number of aliphatic hydroxyl groups excluding tert-OH is 1. The van der Waals surface area contributed by atoms with Crippen molar-refractivity contribution in [1.29, 1.82) is 0 Å². The zero-order chi connectivity index (χ0) is 22.8. The molecule has 1 saturated heterocycles. The monoisotopic (exact) mass is 455 g/mol. The largest absolute Gasteiger partial charge is 0.489 e. The van der Waals surface area contributed by atoms with E-state index in [0.717, 1.165) is 0 Å². The Labute approximate surface area is 186 Å². The van der Waals surface area contributed by atoms with Crippen molar-refractivity contribution in [3.05, 3.63) is 16.7 Å². The van der Waals surface area contributed by atoms with Crippen molar-refractivity contribution in [3.8, 4) is 11.5 Å². The van der Waals surface area contributed by atoms with Crippen LogP contribution in [0.15, 0.2) is 6.07 Å². The highest BCUT2D eigenvalue weighted by Crippen LogP contribution is 2.43. The van der Waals surface area contributed by atoms with Crippen LogP contribution in [-0.4, -0.2) is 66.6 Å². The summed E-state index contributed by atoms with van der Waals surface area (Å²) < 4.78 is 16.7. The molecule has 9 nitrogen and oxygen atoms in total. The molecule has 0 aromatic heterocycles. The number of hydrogen-bond donors (Lipinski definition) is 3. The topological polar surface area (TPSA) is 123 Å². The molecule has 0 spiro atoms. The number of benzene rings is 1. The molecule has 2 atom stereocenters. The van der Waals surface area contributed by atoms with E-state index >= 15 is 0 Å². The normalized spacial score (nSPS) is 21.3. The third-order valence-electron chi connectivity index (χ3n) is 5.13. The molecule has 1 aromatic carbocycles. The van der Waals surface area contributed by atoms with Gasteiger partial charge >= 0.3 is 6.09 Å². The highest BCUT2D eigenvalue weighted by atomic mass is 35.5. The van der Waals surface area contributed by atoms with Crippen molar-refractivity contribution in [2.24, 2.45) is 5.92 Å². The molecule has 0 aliphatic carbocycles. The van der Waals surface area contributed by atoms with E-state index in [0.29, 0.717) is 32.6 Å². The Morgan fingerprint density at radius 1 is 1.32 bits per heavy atom. The summed E-state index contributed by atoms with van der Waals surface area (Å²) in [6.07, 6.45) is -0.0469. The van der Waals surface area contributed by atoms with E-state index in [1.165, 1.54) is 11.0 Å². The predicted octanol–water partition coefficient (Wildman–Crippen LogP) is 2.43. The number of anilines is 1. The molecule has 0 bridgehead atoms. The van der Waals surface area contributed by atoms with Crippen LogP contribution in [0.2, 0.25) is 5.02 Å². The van der Waals surface area contributed by atoms with Crippen molar-refractivity contribution >= 4 is 29.3 Å². The molecule has 31 heavy (non-hydrogen) atoms. The summed E-state index contributed by atoms with van der Waals surface area (Å²) in [5, 5.41) is 13.5. The lowest BCUT2D eigenvalue weighted by Crippen LogP contribution is -2.50. The van der Waals surface area contributed by atoms with Crippen LogP contribution >= 0.6 is 11.6 Å². The molecule has 4 N–H and O–H groups in total. The Bertz CT molecular complexity index is 841. The summed E-state index contributed by atoms with van der Waals surface area (Å²) in [5.74, 6) is -0.0561. The zero-order valence-corrected chi connectivity index (χ0v) is 18.8. The van der Waals surface area contributed by atoms with Gasteiger partial charge in [-0.3, -0.25) is 4.79 Å². The SMILES string of the molecule is CC(C)(C)OC(=O)N1CC[C@@H](CNC(=O)c2cc(N)c(Cl)c3c2OCCCO3)[C@H](O)C1.